The summed E-state index contributed by atoms with van der Waals surface area (Å²) in [6, 6.07) is 0.637. The van der Waals surface area contributed by atoms with Gasteiger partial charge in [0.05, 0.1) is 0 Å². The molecule has 0 rings (SSSR count). The maximum absolute atomic E-state index is 5.33. The van der Waals surface area contributed by atoms with E-state index >= 15 is 0 Å². The zero-order valence-electron chi connectivity index (χ0n) is 13.0. The lowest BCUT2D eigenvalue weighted by molar-refractivity contribution is 0.421. The Labute approximate surface area is 119 Å². The molecule has 19 heavy (non-hydrogen) atoms. The number of rotatable bonds is 13. The van der Waals surface area contributed by atoms with Gasteiger partial charge >= 0.3 is 0 Å². The molecule has 0 bridgehead atoms. The van der Waals surface area contributed by atoms with Gasteiger partial charge in [0.25, 0.3) is 0 Å². The molecule has 1 unspecified atom stereocenters. The van der Waals surface area contributed by atoms with Crippen LogP contribution in [0.2, 0.25) is 0 Å². The standard InChI is InChI=1S/C15H34N4/c1-3-5-7-10-14(18-12-8-6-4-2)11-9-13-19-15(16)17/h14,18H,3-13H2,1-2H3,(H4,16,17,19). The minimum absolute atomic E-state index is 0.207. The van der Waals surface area contributed by atoms with Crippen LogP contribution in [-0.4, -0.2) is 25.1 Å². The average molecular weight is 270 g/mol. The highest BCUT2D eigenvalue weighted by molar-refractivity contribution is 5.75. The number of guanidine groups is 1. The molecule has 4 nitrogen and oxygen atoms in total. The van der Waals surface area contributed by atoms with Crippen molar-refractivity contribution in [3.8, 4) is 0 Å². The van der Waals surface area contributed by atoms with Crippen LogP contribution in [0.4, 0.5) is 0 Å². The van der Waals surface area contributed by atoms with Crippen molar-refractivity contribution in [2.24, 2.45) is 16.5 Å². The number of nitrogens with two attached hydrogens (primary N) is 2. The molecule has 0 aliphatic rings. The van der Waals surface area contributed by atoms with Crippen molar-refractivity contribution in [3.05, 3.63) is 0 Å². The molecule has 0 aromatic carbocycles. The predicted molar refractivity (Wildman–Crippen MR) is 85.4 cm³/mol. The molecule has 0 spiro atoms. The summed E-state index contributed by atoms with van der Waals surface area (Å²) in [6.45, 7) is 6.40. The van der Waals surface area contributed by atoms with Gasteiger partial charge in [-0.1, -0.05) is 46.0 Å². The SMILES string of the molecule is CCCCCNC(CCCCC)CCCN=C(N)N. The normalized spacial score (nSPS) is 12.3. The number of nitrogens with zero attached hydrogens (tertiary/aromatic N) is 1. The first-order valence-electron chi connectivity index (χ1n) is 7.99. The van der Waals surface area contributed by atoms with E-state index < -0.39 is 0 Å². The Balaban J connectivity index is 3.78. The van der Waals surface area contributed by atoms with Gasteiger partial charge in [0.15, 0.2) is 5.96 Å². The Kier molecular flexibility index (Phi) is 13.1. The predicted octanol–water partition coefficient (Wildman–Crippen LogP) is 2.77. The molecule has 0 amide bonds. The maximum atomic E-state index is 5.33. The topological polar surface area (TPSA) is 76.4 Å². The second-order valence-electron chi connectivity index (χ2n) is 5.30. The van der Waals surface area contributed by atoms with E-state index in [1.165, 1.54) is 51.4 Å². The summed E-state index contributed by atoms with van der Waals surface area (Å²) >= 11 is 0. The largest absolute Gasteiger partial charge is 0.370 e. The third-order valence-corrected chi connectivity index (χ3v) is 3.37. The Hall–Kier alpha value is -0.770. The fourth-order valence-electron chi connectivity index (χ4n) is 2.22. The van der Waals surface area contributed by atoms with Gasteiger partial charge in [0, 0.05) is 12.6 Å². The van der Waals surface area contributed by atoms with Crippen molar-refractivity contribution >= 4 is 5.96 Å². The summed E-state index contributed by atoms with van der Waals surface area (Å²) in [5.74, 6) is 0.207. The van der Waals surface area contributed by atoms with Gasteiger partial charge in [0.1, 0.15) is 0 Å². The monoisotopic (exact) mass is 270 g/mol. The highest BCUT2D eigenvalue weighted by Crippen LogP contribution is 2.09. The van der Waals surface area contributed by atoms with Crippen molar-refractivity contribution in [1.82, 2.24) is 5.32 Å². The van der Waals surface area contributed by atoms with E-state index in [9.17, 15) is 0 Å². The van der Waals surface area contributed by atoms with Crippen LogP contribution in [0.15, 0.2) is 4.99 Å². The van der Waals surface area contributed by atoms with Crippen LogP contribution in [0.25, 0.3) is 0 Å². The summed E-state index contributed by atoms with van der Waals surface area (Å²) in [4.78, 5) is 4.05. The zero-order chi connectivity index (χ0) is 14.3. The van der Waals surface area contributed by atoms with E-state index in [-0.39, 0.29) is 5.96 Å². The van der Waals surface area contributed by atoms with E-state index in [0.717, 1.165) is 19.5 Å². The second kappa shape index (κ2) is 13.7. The lowest BCUT2D eigenvalue weighted by Crippen LogP contribution is -2.30. The Morgan fingerprint density at radius 2 is 1.58 bits per heavy atom. The molecule has 0 aliphatic heterocycles. The third-order valence-electron chi connectivity index (χ3n) is 3.37. The molecular formula is C15H34N4. The number of hydrogen-bond donors (Lipinski definition) is 3. The van der Waals surface area contributed by atoms with E-state index in [4.69, 9.17) is 11.5 Å². The van der Waals surface area contributed by atoms with Gasteiger partial charge in [-0.3, -0.25) is 4.99 Å². The lowest BCUT2D eigenvalue weighted by atomic mass is 10.0. The number of unbranched alkanes of at least 4 members (excludes halogenated alkanes) is 4. The van der Waals surface area contributed by atoms with Crippen LogP contribution >= 0.6 is 0 Å². The van der Waals surface area contributed by atoms with Gasteiger partial charge in [-0.25, -0.2) is 0 Å². The van der Waals surface area contributed by atoms with Gasteiger partial charge in [-0.2, -0.15) is 0 Å². The molecule has 0 saturated carbocycles. The molecule has 0 heterocycles. The molecular weight excluding hydrogens is 236 g/mol. The number of aliphatic imine (C=N–C) groups is 1. The lowest BCUT2D eigenvalue weighted by Gasteiger charge is -2.18. The maximum Gasteiger partial charge on any atom is 0.185 e. The van der Waals surface area contributed by atoms with Crippen LogP contribution in [-0.2, 0) is 0 Å². The van der Waals surface area contributed by atoms with Crippen LogP contribution in [0.1, 0.15) is 71.6 Å². The Morgan fingerprint density at radius 3 is 2.21 bits per heavy atom. The van der Waals surface area contributed by atoms with E-state index in [0.29, 0.717) is 6.04 Å². The molecule has 114 valence electrons. The van der Waals surface area contributed by atoms with Gasteiger partial charge < -0.3 is 16.8 Å². The van der Waals surface area contributed by atoms with Gasteiger partial charge in [-0.05, 0) is 32.2 Å². The van der Waals surface area contributed by atoms with E-state index in [1.54, 1.807) is 0 Å². The molecule has 0 radical (unpaired) electrons. The Morgan fingerprint density at radius 1 is 0.947 bits per heavy atom. The van der Waals surface area contributed by atoms with Crippen LogP contribution < -0.4 is 16.8 Å². The van der Waals surface area contributed by atoms with Gasteiger partial charge in [0.2, 0.25) is 0 Å². The summed E-state index contributed by atoms with van der Waals surface area (Å²) in [6.07, 6.45) is 11.4. The molecule has 4 heteroatoms. The molecule has 0 aliphatic carbocycles. The molecule has 0 aromatic rings. The minimum Gasteiger partial charge on any atom is -0.370 e. The average Bonchev–Trinajstić information content (AvgIpc) is 2.38. The highest BCUT2D eigenvalue weighted by Gasteiger charge is 2.07. The van der Waals surface area contributed by atoms with E-state index in [1.807, 2.05) is 0 Å². The minimum atomic E-state index is 0.207. The van der Waals surface area contributed by atoms with Crippen molar-refractivity contribution in [3.63, 3.8) is 0 Å². The Bertz CT molecular complexity index is 212. The second-order valence-corrected chi connectivity index (χ2v) is 5.30. The first-order chi connectivity index (χ1) is 9.20. The van der Waals surface area contributed by atoms with Crippen molar-refractivity contribution in [2.45, 2.75) is 77.7 Å². The first-order valence-corrected chi connectivity index (χ1v) is 7.99. The first kappa shape index (κ1) is 18.2. The molecule has 0 fully saturated rings. The molecule has 0 saturated heterocycles. The van der Waals surface area contributed by atoms with Crippen LogP contribution in [0, 0.1) is 0 Å². The molecule has 5 N–H and O–H groups in total. The van der Waals surface area contributed by atoms with Crippen molar-refractivity contribution < 1.29 is 0 Å². The van der Waals surface area contributed by atoms with Crippen molar-refractivity contribution in [2.75, 3.05) is 13.1 Å². The van der Waals surface area contributed by atoms with Crippen molar-refractivity contribution in [1.29, 1.82) is 0 Å². The summed E-state index contributed by atoms with van der Waals surface area (Å²) in [5.41, 5.74) is 10.7. The number of hydrogen-bond acceptors (Lipinski definition) is 2. The molecule has 1 atom stereocenters. The smallest absolute Gasteiger partial charge is 0.185 e. The number of nitrogens with one attached hydrogen (secondary N) is 1. The third kappa shape index (κ3) is 13.5. The van der Waals surface area contributed by atoms with Crippen LogP contribution in [0.3, 0.4) is 0 Å². The van der Waals surface area contributed by atoms with Gasteiger partial charge in [-0.15, -0.1) is 0 Å². The molecule has 0 aromatic heterocycles. The van der Waals surface area contributed by atoms with E-state index in [2.05, 4.69) is 24.2 Å². The van der Waals surface area contributed by atoms with Crippen LogP contribution in [0.5, 0.6) is 0 Å². The summed E-state index contributed by atoms with van der Waals surface area (Å²) in [7, 11) is 0. The highest BCUT2D eigenvalue weighted by atomic mass is 15.0. The zero-order valence-corrected chi connectivity index (χ0v) is 13.0. The summed E-state index contributed by atoms with van der Waals surface area (Å²) in [5, 5.41) is 3.69. The summed E-state index contributed by atoms with van der Waals surface area (Å²) < 4.78 is 0. The quantitative estimate of drug-likeness (QED) is 0.274. The fraction of sp³-hybridized carbons (Fsp3) is 0.933. The fourth-order valence-corrected chi connectivity index (χ4v) is 2.22.